The Hall–Kier alpha value is -5.58. The Morgan fingerprint density at radius 1 is 0.595 bits per heavy atom. The van der Waals surface area contributed by atoms with Crippen LogP contribution < -0.4 is 26.6 Å². The number of Topliss-reactive ketones (excluding diaryl/α,β-unsaturated/α-hetero) is 1. The number of carbonyl (C=O) groups is 6. The molecular formula is C59H79N7O8. The number of amides is 5. The molecule has 15 nitrogen and oxygen atoms in total. The third-order valence-electron chi connectivity index (χ3n) is 17.0. The standard InChI is InChI=1S/C59H79N7O8/c1-38(60-3)49(67)37-46(40-21-9-7-10-22-40)58(71)65-31-19-29-47(65)56(69)63-53-44-27-15-13-25-42(44)35-50(53)73-33-17-5-6-18-34-74-51-36-43-26-14-16-28-45(43)54(51)64-57(70)48-30-20-32-66(48)59(72)52(41-23-11-8-12-24-41)62-55(68)39(2)61-4/h13-16,25-28,38-41,46-48,50-54,60-61H,7-12,19-24,29-37H2,1-4H3,(H,62,68)(H,63,69)(H,64,70)/t38-,39-,46?,47-,48-,50+,51+,52-,53-,54-/m1/s1. The molecule has 2 saturated heterocycles. The topological polar surface area (TPSA) is 188 Å². The smallest absolute Gasteiger partial charge is 0.246 e. The van der Waals surface area contributed by atoms with Crippen LogP contribution in [0, 0.1) is 41.4 Å². The van der Waals surface area contributed by atoms with Crippen LogP contribution in [-0.4, -0.2) is 128 Å². The van der Waals surface area contributed by atoms with Gasteiger partial charge in [0.2, 0.25) is 29.5 Å². The molecule has 6 aliphatic rings. The lowest BCUT2D eigenvalue weighted by atomic mass is 9.76. The average molecular weight is 1010 g/mol. The second kappa shape index (κ2) is 26.3. The number of benzene rings is 2. The van der Waals surface area contributed by atoms with Crippen LogP contribution in [0.25, 0.3) is 0 Å². The van der Waals surface area contributed by atoms with Gasteiger partial charge in [-0.15, -0.1) is 0 Å². The zero-order chi connectivity index (χ0) is 52.1. The fourth-order valence-corrected chi connectivity index (χ4v) is 12.5. The highest BCUT2D eigenvalue weighted by atomic mass is 16.5. The molecule has 2 heterocycles. The quantitative estimate of drug-likeness (QED) is 0.120. The molecule has 5 N–H and O–H groups in total. The molecule has 0 aromatic heterocycles. The van der Waals surface area contributed by atoms with Gasteiger partial charge in [0, 0.05) is 38.3 Å². The predicted molar refractivity (Wildman–Crippen MR) is 282 cm³/mol. The van der Waals surface area contributed by atoms with Gasteiger partial charge in [0.1, 0.15) is 37.1 Å². The van der Waals surface area contributed by atoms with Gasteiger partial charge < -0.3 is 45.9 Å². The third kappa shape index (κ3) is 13.1. The molecule has 398 valence electrons. The van der Waals surface area contributed by atoms with Crippen molar-refractivity contribution in [3.8, 4) is 23.7 Å². The largest absolute Gasteiger partial charge is 0.363 e. The minimum absolute atomic E-state index is 0.0274. The molecule has 2 aromatic rings. The summed E-state index contributed by atoms with van der Waals surface area (Å²) in [6, 6.07) is 12.4. The number of ketones is 1. The highest BCUT2D eigenvalue weighted by molar-refractivity contribution is 5.94. The number of nitrogens with zero attached hydrogens (tertiary/aromatic N) is 2. The van der Waals surface area contributed by atoms with Crippen molar-refractivity contribution in [2.45, 2.75) is 178 Å². The molecule has 4 aliphatic carbocycles. The Kier molecular flexibility index (Phi) is 19.4. The van der Waals surface area contributed by atoms with Gasteiger partial charge in [0.05, 0.1) is 36.4 Å². The van der Waals surface area contributed by atoms with E-state index in [0.29, 0.717) is 45.2 Å². The highest BCUT2D eigenvalue weighted by Gasteiger charge is 2.45. The van der Waals surface area contributed by atoms with E-state index in [2.05, 4.69) is 50.3 Å². The molecule has 0 bridgehead atoms. The summed E-state index contributed by atoms with van der Waals surface area (Å²) in [5.74, 6) is 10.7. The molecule has 74 heavy (non-hydrogen) atoms. The van der Waals surface area contributed by atoms with E-state index >= 15 is 0 Å². The van der Waals surface area contributed by atoms with Gasteiger partial charge in [-0.25, -0.2) is 0 Å². The first-order valence-corrected chi connectivity index (χ1v) is 27.7. The summed E-state index contributed by atoms with van der Waals surface area (Å²) in [6.45, 7) is 4.74. The second-order valence-electron chi connectivity index (χ2n) is 21.5. The first-order valence-electron chi connectivity index (χ1n) is 27.7. The molecule has 8 rings (SSSR count). The molecule has 0 spiro atoms. The van der Waals surface area contributed by atoms with Gasteiger partial charge in [-0.2, -0.15) is 0 Å². The number of likely N-dealkylation sites (N-methyl/N-ethyl adjacent to an activating group) is 2. The van der Waals surface area contributed by atoms with E-state index < -0.39 is 42.2 Å². The lowest BCUT2D eigenvalue weighted by Crippen LogP contribution is -2.58. The zero-order valence-electron chi connectivity index (χ0n) is 44.1. The maximum atomic E-state index is 14.4. The van der Waals surface area contributed by atoms with Crippen molar-refractivity contribution in [2.24, 2.45) is 17.8 Å². The van der Waals surface area contributed by atoms with E-state index in [9.17, 15) is 28.8 Å². The SMILES string of the molecule is CN[C@H](C)C(=O)CC(C(=O)N1CCC[C@@H]1C(=O)N[C@@H]1c2ccccc2C[C@@H]1OCC#CC#CCO[C@H]1Cc2ccccc2[C@H]1NC(=O)[C@H]1CCCN1C(=O)[C@H](NC(=O)[C@@H](C)NC)C1CCCCC1)C1CCCCC1. The summed E-state index contributed by atoms with van der Waals surface area (Å²) < 4.78 is 12.7. The van der Waals surface area contributed by atoms with Crippen molar-refractivity contribution in [2.75, 3.05) is 40.4 Å². The van der Waals surface area contributed by atoms with Gasteiger partial charge >= 0.3 is 0 Å². The molecule has 1 unspecified atom stereocenters. The van der Waals surface area contributed by atoms with Crippen LogP contribution in [0.3, 0.4) is 0 Å². The Balaban J connectivity index is 0.858. The predicted octanol–water partition coefficient (Wildman–Crippen LogP) is 5.01. The van der Waals surface area contributed by atoms with Crippen molar-refractivity contribution < 1.29 is 38.2 Å². The van der Waals surface area contributed by atoms with Crippen molar-refractivity contribution in [3.63, 3.8) is 0 Å². The van der Waals surface area contributed by atoms with Crippen molar-refractivity contribution in [1.29, 1.82) is 0 Å². The molecule has 2 saturated carbocycles. The van der Waals surface area contributed by atoms with Crippen LogP contribution in [0.1, 0.15) is 144 Å². The van der Waals surface area contributed by atoms with Gasteiger partial charge in [-0.1, -0.05) is 98.9 Å². The van der Waals surface area contributed by atoms with Crippen molar-refractivity contribution >= 4 is 35.3 Å². The summed E-state index contributed by atoms with van der Waals surface area (Å²) in [6.07, 6.45) is 13.1. The lowest BCUT2D eigenvalue weighted by Gasteiger charge is -2.35. The van der Waals surface area contributed by atoms with Gasteiger partial charge in [-0.05, 0) is 125 Å². The van der Waals surface area contributed by atoms with E-state index in [0.717, 1.165) is 92.9 Å². The Morgan fingerprint density at radius 2 is 1.07 bits per heavy atom. The molecule has 4 fully saturated rings. The Morgan fingerprint density at radius 3 is 1.57 bits per heavy atom. The van der Waals surface area contributed by atoms with Crippen molar-refractivity contribution in [3.05, 3.63) is 70.8 Å². The van der Waals surface area contributed by atoms with Crippen LogP contribution in [-0.2, 0) is 51.1 Å². The molecule has 2 aromatic carbocycles. The molecule has 2 aliphatic heterocycles. The fraction of sp³-hybridized carbons (Fsp3) is 0.627. The lowest BCUT2D eigenvalue weighted by molar-refractivity contribution is -0.145. The van der Waals surface area contributed by atoms with E-state index in [4.69, 9.17) is 9.47 Å². The van der Waals surface area contributed by atoms with Crippen LogP contribution in [0.4, 0.5) is 0 Å². The summed E-state index contributed by atoms with van der Waals surface area (Å²) in [7, 11) is 3.48. The van der Waals surface area contributed by atoms with Crippen molar-refractivity contribution in [1.82, 2.24) is 36.4 Å². The normalized spacial score (nSPS) is 25.2. The summed E-state index contributed by atoms with van der Waals surface area (Å²) in [5.41, 5.74) is 4.13. The van der Waals surface area contributed by atoms with E-state index in [1.807, 2.05) is 55.5 Å². The average Bonchev–Trinajstić information content (AvgIpc) is 4.26. The number of ether oxygens (including phenoxy) is 2. The highest BCUT2D eigenvalue weighted by Crippen LogP contribution is 2.38. The minimum atomic E-state index is -0.678. The maximum absolute atomic E-state index is 14.4. The first-order chi connectivity index (χ1) is 36.0. The summed E-state index contributed by atoms with van der Waals surface area (Å²) >= 11 is 0. The monoisotopic (exact) mass is 1010 g/mol. The van der Waals surface area contributed by atoms with E-state index in [-0.39, 0.29) is 85.0 Å². The number of fused-ring (bicyclic) bond motifs is 2. The maximum Gasteiger partial charge on any atom is 0.246 e. The molecular weight excluding hydrogens is 935 g/mol. The Bertz CT molecular complexity index is 2280. The molecule has 10 atom stereocenters. The molecule has 5 amide bonds. The number of hydrogen-bond donors (Lipinski definition) is 5. The molecule has 0 radical (unpaired) electrons. The van der Waals surface area contributed by atoms with Gasteiger partial charge in [0.15, 0.2) is 0 Å². The zero-order valence-corrected chi connectivity index (χ0v) is 44.1. The summed E-state index contributed by atoms with van der Waals surface area (Å²) in [4.78, 5) is 86.9. The van der Waals surface area contributed by atoms with E-state index in [1.165, 1.54) is 0 Å². The minimum Gasteiger partial charge on any atom is -0.363 e. The summed E-state index contributed by atoms with van der Waals surface area (Å²) in [5, 5.41) is 15.6. The third-order valence-corrected chi connectivity index (χ3v) is 17.0. The van der Waals surface area contributed by atoms with Crippen LogP contribution in [0.2, 0.25) is 0 Å². The number of nitrogens with one attached hydrogen (secondary N) is 5. The number of likely N-dealkylation sites (tertiary alicyclic amines) is 2. The van der Waals surface area contributed by atoms with Gasteiger partial charge in [-0.3, -0.25) is 28.8 Å². The van der Waals surface area contributed by atoms with Gasteiger partial charge in [0.25, 0.3) is 0 Å². The molecule has 15 heteroatoms. The Labute approximate surface area is 438 Å². The number of rotatable bonds is 19. The fourth-order valence-electron chi connectivity index (χ4n) is 12.5. The number of hydrogen-bond acceptors (Lipinski definition) is 10. The van der Waals surface area contributed by atoms with Crippen LogP contribution in [0.15, 0.2) is 48.5 Å². The van der Waals surface area contributed by atoms with Crippen LogP contribution >= 0.6 is 0 Å². The second-order valence-corrected chi connectivity index (χ2v) is 21.5. The van der Waals surface area contributed by atoms with E-state index in [1.54, 1.807) is 30.8 Å². The first kappa shape index (κ1) is 54.7. The number of carbonyl (C=O) groups excluding carboxylic acids is 6. The van der Waals surface area contributed by atoms with Crippen LogP contribution in [0.5, 0.6) is 0 Å².